The molecule has 2 aromatic rings. The van der Waals surface area contributed by atoms with Gasteiger partial charge in [-0.25, -0.2) is 13.1 Å². The second kappa shape index (κ2) is 6.97. The highest BCUT2D eigenvalue weighted by atomic mass is 35.5. The number of hydrogen-bond acceptors (Lipinski definition) is 3. The van der Waals surface area contributed by atoms with E-state index in [0.29, 0.717) is 10.8 Å². The Labute approximate surface area is 165 Å². The van der Waals surface area contributed by atoms with E-state index >= 15 is 0 Å². The number of anilines is 1. The Hall–Kier alpha value is -1.82. The average Bonchev–Trinajstić information content (AvgIpc) is 3.10. The molecule has 0 aromatic heterocycles. The van der Waals surface area contributed by atoms with Crippen LogP contribution in [-0.4, -0.2) is 14.5 Å². The number of hydrogen-bond donors (Lipinski definition) is 2. The van der Waals surface area contributed by atoms with Gasteiger partial charge in [-0.05, 0) is 61.6 Å². The zero-order valence-corrected chi connectivity index (χ0v) is 16.9. The van der Waals surface area contributed by atoms with Crippen LogP contribution in [0.5, 0.6) is 0 Å². The van der Waals surface area contributed by atoms with Crippen molar-refractivity contribution in [3.63, 3.8) is 0 Å². The van der Waals surface area contributed by atoms with Gasteiger partial charge in [0.2, 0.25) is 10.0 Å². The molecule has 0 amide bonds. The number of halogens is 1. The topological polar surface area (TPSA) is 58.2 Å². The molecule has 27 heavy (non-hydrogen) atoms. The van der Waals surface area contributed by atoms with Crippen LogP contribution in [0.1, 0.15) is 43.4 Å². The van der Waals surface area contributed by atoms with Gasteiger partial charge >= 0.3 is 0 Å². The molecule has 2 aromatic carbocycles. The van der Waals surface area contributed by atoms with Crippen molar-refractivity contribution in [3.05, 3.63) is 70.8 Å². The van der Waals surface area contributed by atoms with Gasteiger partial charge in [0.25, 0.3) is 0 Å². The van der Waals surface area contributed by atoms with Gasteiger partial charge in [0, 0.05) is 22.7 Å². The zero-order chi connectivity index (χ0) is 19.2. The van der Waals surface area contributed by atoms with Gasteiger partial charge in [0.15, 0.2) is 0 Å². The maximum absolute atomic E-state index is 12.6. The quantitative estimate of drug-likeness (QED) is 0.718. The minimum Gasteiger partial charge on any atom is -0.378 e. The van der Waals surface area contributed by atoms with Crippen molar-refractivity contribution in [2.24, 2.45) is 5.92 Å². The minimum atomic E-state index is -3.52. The molecule has 0 spiro atoms. The summed E-state index contributed by atoms with van der Waals surface area (Å²) in [5, 5.41) is 4.36. The predicted octanol–water partition coefficient (Wildman–Crippen LogP) is 4.85. The SMILES string of the molecule is CC(C)NS(=O)(=O)c1ccc2c(c1)C1C=CCC1C(c1ccccc1Cl)N2. The lowest BCUT2D eigenvalue weighted by molar-refractivity contribution is 0.425. The first-order valence-corrected chi connectivity index (χ1v) is 11.1. The lowest BCUT2D eigenvalue weighted by Gasteiger charge is -2.38. The molecular weight excluding hydrogens is 380 g/mol. The normalized spacial score (nSPS) is 23.8. The van der Waals surface area contributed by atoms with Crippen LogP contribution in [0.4, 0.5) is 5.69 Å². The predicted molar refractivity (Wildman–Crippen MR) is 110 cm³/mol. The van der Waals surface area contributed by atoms with E-state index in [4.69, 9.17) is 11.6 Å². The highest BCUT2D eigenvalue weighted by Crippen LogP contribution is 2.51. The van der Waals surface area contributed by atoms with Crippen LogP contribution in [0.3, 0.4) is 0 Å². The fourth-order valence-corrected chi connectivity index (χ4v) is 5.69. The first-order chi connectivity index (χ1) is 12.9. The number of fused-ring (bicyclic) bond motifs is 3. The van der Waals surface area contributed by atoms with Crippen LogP contribution in [0.15, 0.2) is 59.5 Å². The molecule has 0 fully saturated rings. The average molecular weight is 403 g/mol. The second-order valence-corrected chi connectivity index (χ2v) is 9.64. The van der Waals surface area contributed by atoms with Crippen molar-refractivity contribution in [1.82, 2.24) is 4.72 Å². The lowest BCUT2D eigenvalue weighted by atomic mass is 9.77. The summed E-state index contributed by atoms with van der Waals surface area (Å²) >= 11 is 6.46. The summed E-state index contributed by atoms with van der Waals surface area (Å²) in [4.78, 5) is 0.312. The molecule has 2 aliphatic rings. The molecule has 3 unspecified atom stereocenters. The third kappa shape index (κ3) is 3.40. The van der Waals surface area contributed by atoms with E-state index in [0.717, 1.165) is 28.3 Å². The van der Waals surface area contributed by atoms with E-state index in [1.807, 2.05) is 44.2 Å². The Morgan fingerprint density at radius 3 is 2.67 bits per heavy atom. The number of nitrogens with one attached hydrogen (secondary N) is 2. The summed E-state index contributed by atoms with van der Waals surface area (Å²) in [5.41, 5.74) is 3.08. The van der Waals surface area contributed by atoms with E-state index in [2.05, 4.69) is 28.3 Å². The van der Waals surface area contributed by atoms with E-state index < -0.39 is 10.0 Å². The smallest absolute Gasteiger partial charge is 0.240 e. The molecule has 1 aliphatic heterocycles. The third-order valence-electron chi connectivity index (χ3n) is 5.28. The molecule has 2 N–H and O–H groups in total. The lowest BCUT2D eigenvalue weighted by Crippen LogP contribution is -2.32. The first-order valence-electron chi connectivity index (χ1n) is 9.21. The van der Waals surface area contributed by atoms with Gasteiger partial charge in [-0.2, -0.15) is 0 Å². The largest absolute Gasteiger partial charge is 0.378 e. The van der Waals surface area contributed by atoms with Gasteiger partial charge in [-0.3, -0.25) is 0 Å². The van der Waals surface area contributed by atoms with Gasteiger partial charge in [-0.15, -0.1) is 0 Å². The van der Waals surface area contributed by atoms with Gasteiger partial charge in [-0.1, -0.05) is 42.0 Å². The molecule has 6 heteroatoms. The van der Waals surface area contributed by atoms with Gasteiger partial charge in [0.05, 0.1) is 10.9 Å². The molecular formula is C21H23ClN2O2S. The van der Waals surface area contributed by atoms with Crippen molar-refractivity contribution < 1.29 is 8.42 Å². The highest BCUT2D eigenvalue weighted by molar-refractivity contribution is 7.89. The summed E-state index contributed by atoms with van der Waals surface area (Å²) < 4.78 is 27.8. The van der Waals surface area contributed by atoms with Gasteiger partial charge in [0.1, 0.15) is 0 Å². The van der Waals surface area contributed by atoms with Crippen molar-refractivity contribution in [2.45, 2.75) is 43.2 Å². The molecule has 1 aliphatic carbocycles. The Morgan fingerprint density at radius 1 is 1.15 bits per heavy atom. The van der Waals surface area contributed by atoms with E-state index in [1.54, 1.807) is 6.07 Å². The van der Waals surface area contributed by atoms with Crippen LogP contribution in [-0.2, 0) is 10.0 Å². The van der Waals surface area contributed by atoms with Crippen LogP contribution in [0.2, 0.25) is 5.02 Å². The Morgan fingerprint density at radius 2 is 1.93 bits per heavy atom. The van der Waals surface area contributed by atoms with Gasteiger partial charge < -0.3 is 5.32 Å². The maximum Gasteiger partial charge on any atom is 0.240 e. The van der Waals surface area contributed by atoms with Crippen molar-refractivity contribution >= 4 is 27.3 Å². The number of benzene rings is 2. The molecule has 0 saturated carbocycles. The van der Waals surface area contributed by atoms with Crippen LogP contribution >= 0.6 is 11.6 Å². The summed E-state index contributed by atoms with van der Waals surface area (Å²) in [5.74, 6) is 0.491. The standard InChI is InChI=1S/C21H23ClN2O2S/c1-13(2)24-27(25,26)14-10-11-20-18(12-14)15-7-5-8-16(15)21(23-20)17-6-3-4-9-19(17)22/h3-7,9-13,15-16,21,23-24H,8H2,1-2H3. The van der Waals surface area contributed by atoms with Crippen molar-refractivity contribution in [1.29, 1.82) is 0 Å². The Kier molecular flexibility index (Phi) is 4.78. The van der Waals surface area contributed by atoms with Crippen LogP contribution < -0.4 is 10.0 Å². The highest BCUT2D eigenvalue weighted by Gasteiger charge is 2.39. The number of rotatable bonds is 4. The van der Waals surface area contributed by atoms with E-state index in [9.17, 15) is 8.42 Å². The number of allylic oxidation sites excluding steroid dienone is 2. The third-order valence-corrected chi connectivity index (χ3v) is 7.28. The molecule has 4 nitrogen and oxygen atoms in total. The van der Waals surface area contributed by atoms with E-state index in [1.165, 1.54) is 0 Å². The fourth-order valence-electron chi connectivity index (χ4n) is 4.15. The molecule has 0 saturated heterocycles. The second-order valence-electron chi connectivity index (χ2n) is 7.52. The van der Waals surface area contributed by atoms with Crippen molar-refractivity contribution in [2.75, 3.05) is 5.32 Å². The van der Waals surface area contributed by atoms with Crippen LogP contribution in [0.25, 0.3) is 0 Å². The molecule has 0 radical (unpaired) electrons. The molecule has 4 rings (SSSR count). The molecule has 1 heterocycles. The monoisotopic (exact) mass is 402 g/mol. The molecule has 142 valence electrons. The van der Waals surface area contributed by atoms with Crippen molar-refractivity contribution in [3.8, 4) is 0 Å². The minimum absolute atomic E-state index is 0.0995. The first kappa shape index (κ1) is 18.5. The summed E-state index contributed by atoms with van der Waals surface area (Å²) in [7, 11) is -3.52. The van der Waals surface area contributed by atoms with Crippen LogP contribution in [0, 0.1) is 5.92 Å². The Bertz CT molecular complexity index is 1000. The fraction of sp³-hybridized carbons (Fsp3) is 0.333. The molecule has 3 atom stereocenters. The summed E-state index contributed by atoms with van der Waals surface area (Å²) in [6.45, 7) is 3.64. The summed E-state index contributed by atoms with van der Waals surface area (Å²) in [6, 6.07) is 13.2. The van der Waals surface area contributed by atoms with E-state index in [-0.39, 0.29) is 18.0 Å². The number of sulfonamides is 1. The zero-order valence-electron chi connectivity index (χ0n) is 15.3. The Balaban J connectivity index is 1.75. The molecule has 0 bridgehead atoms. The summed E-state index contributed by atoms with van der Waals surface area (Å²) in [6.07, 6.45) is 5.32. The maximum atomic E-state index is 12.6.